The van der Waals surface area contributed by atoms with Crippen LogP contribution in [0.3, 0.4) is 0 Å². The zero-order valence-electron chi connectivity index (χ0n) is 8.45. The molecule has 1 atom stereocenters. The Morgan fingerprint density at radius 1 is 1.71 bits per heavy atom. The average molecular weight is 213 g/mol. The molecular weight excluding hydrogens is 198 g/mol. The van der Waals surface area contributed by atoms with Gasteiger partial charge in [0.05, 0.1) is 6.61 Å². The van der Waals surface area contributed by atoms with Crippen molar-refractivity contribution in [3.8, 4) is 0 Å². The largest absolute Gasteiger partial charge is 0.465 e. The molecule has 0 saturated heterocycles. The lowest BCUT2D eigenvalue weighted by Gasteiger charge is -2.09. The van der Waals surface area contributed by atoms with Crippen LogP contribution >= 0.6 is 11.3 Å². The molecule has 3 nitrogen and oxygen atoms in total. The summed E-state index contributed by atoms with van der Waals surface area (Å²) in [5.41, 5.74) is 6.89. The molecule has 1 aromatic rings. The van der Waals surface area contributed by atoms with Gasteiger partial charge in [-0.3, -0.25) is 4.79 Å². The molecule has 0 radical (unpaired) electrons. The van der Waals surface area contributed by atoms with Crippen molar-refractivity contribution in [3.63, 3.8) is 0 Å². The summed E-state index contributed by atoms with van der Waals surface area (Å²) in [6.45, 7) is 4.18. The van der Waals surface area contributed by atoms with Crippen LogP contribution in [0.1, 0.15) is 17.4 Å². The van der Waals surface area contributed by atoms with E-state index in [1.54, 1.807) is 18.3 Å². The summed E-state index contributed by atoms with van der Waals surface area (Å²) >= 11 is 1.63. The topological polar surface area (TPSA) is 52.3 Å². The molecule has 2 N–H and O–H groups in total. The molecule has 1 rings (SSSR count). The molecule has 1 unspecified atom stereocenters. The lowest BCUT2D eigenvalue weighted by atomic mass is 10.1. The summed E-state index contributed by atoms with van der Waals surface area (Å²) in [5.74, 6) is -0.319. The maximum atomic E-state index is 11.2. The standard InChI is InChI=1S/C10H15NO2S/c1-3-13-10(12)8(11)6-9-7(2)4-5-14-9/h4-5,8H,3,6,11H2,1-2H3. The summed E-state index contributed by atoms with van der Waals surface area (Å²) in [7, 11) is 0. The fraction of sp³-hybridized carbons (Fsp3) is 0.500. The minimum absolute atomic E-state index is 0.319. The number of hydrogen-bond acceptors (Lipinski definition) is 4. The number of hydrogen-bond donors (Lipinski definition) is 1. The Balaban J connectivity index is 2.52. The SMILES string of the molecule is CCOC(=O)C(N)Cc1sccc1C. The fourth-order valence-corrected chi connectivity index (χ4v) is 2.11. The first-order valence-corrected chi connectivity index (χ1v) is 5.48. The van der Waals surface area contributed by atoms with Crippen LogP contribution in [0.2, 0.25) is 0 Å². The van der Waals surface area contributed by atoms with Gasteiger partial charge in [-0.25, -0.2) is 0 Å². The van der Waals surface area contributed by atoms with Crippen molar-refractivity contribution in [1.29, 1.82) is 0 Å². The van der Waals surface area contributed by atoms with E-state index in [2.05, 4.69) is 0 Å². The Hall–Kier alpha value is -0.870. The van der Waals surface area contributed by atoms with E-state index >= 15 is 0 Å². The number of carbonyl (C=O) groups is 1. The highest BCUT2D eigenvalue weighted by molar-refractivity contribution is 7.10. The zero-order chi connectivity index (χ0) is 10.6. The summed E-state index contributed by atoms with van der Waals surface area (Å²) < 4.78 is 4.83. The van der Waals surface area contributed by atoms with Crippen LogP contribution in [0.5, 0.6) is 0 Å². The first-order valence-electron chi connectivity index (χ1n) is 4.60. The van der Waals surface area contributed by atoms with Gasteiger partial charge in [0.1, 0.15) is 6.04 Å². The third kappa shape index (κ3) is 2.82. The van der Waals surface area contributed by atoms with Gasteiger partial charge in [0.25, 0.3) is 0 Å². The van der Waals surface area contributed by atoms with Gasteiger partial charge in [0.2, 0.25) is 0 Å². The first kappa shape index (κ1) is 11.2. The van der Waals surface area contributed by atoms with Crippen LogP contribution in [-0.2, 0) is 16.0 Å². The second kappa shape index (κ2) is 5.12. The fourth-order valence-electron chi connectivity index (χ4n) is 1.15. The van der Waals surface area contributed by atoms with Gasteiger partial charge in [-0.05, 0) is 30.9 Å². The van der Waals surface area contributed by atoms with Crippen LogP contribution in [-0.4, -0.2) is 18.6 Å². The Bertz CT molecular complexity index is 309. The number of carbonyl (C=O) groups excluding carboxylic acids is 1. The van der Waals surface area contributed by atoms with Crippen molar-refractivity contribution < 1.29 is 9.53 Å². The predicted octanol–water partition coefficient (Wildman–Crippen LogP) is 1.49. The number of thiophene rings is 1. The van der Waals surface area contributed by atoms with Crippen molar-refractivity contribution in [1.82, 2.24) is 0 Å². The van der Waals surface area contributed by atoms with Gasteiger partial charge in [0, 0.05) is 11.3 Å². The molecule has 0 aromatic carbocycles. The molecule has 0 amide bonds. The van der Waals surface area contributed by atoms with Crippen LogP contribution < -0.4 is 5.73 Å². The molecule has 0 aliphatic rings. The van der Waals surface area contributed by atoms with Crippen LogP contribution in [0, 0.1) is 6.92 Å². The van der Waals surface area contributed by atoms with Crippen molar-refractivity contribution >= 4 is 17.3 Å². The average Bonchev–Trinajstić information content (AvgIpc) is 2.52. The summed E-state index contributed by atoms with van der Waals surface area (Å²) in [6, 6.07) is 1.49. The molecule has 0 fully saturated rings. The van der Waals surface area contributed by atoms with Gasteiger partial charge < -0.3 is 10.5 Å². The molecule has 1 aromatic heterocycles. The van der Waals surface area contributed by atoms with Crippen molar-refractivity contribution in [2.24, 2.45) is 5.73 Å². The number of aryl methyl sites for hydroxylation is 1. The highest BCUT2D eigenvalue weighted by atomic mass is 32.1. The lowest BCUT2D eigenvalue weighted by molar-refractivity contribution is -0.144. The zero-order valence-corrected chi connectivity index (χ0v) is 9.26. The number of esters is 1. The van der Waals surface area contributed by atoms with E-state index in [9.17, 15) is 4.79 Å². The second-order valence-corrected chi connectivity index (χ2v) is 4.09. The third-order valence-corrected chi connectivity index (χ3v) is 3.01. The van der Waals surface area contributed by atoms with Crippen molar-refractivity contribution in [2.45, 2.75) is 26.3 Å². The molecular formula is C10H15NO2S. The van der Waals surface area contributed by atoms with Crippen LogP contribution in [0.4, 0.5) is 0 Å². The molecule has 14 heavy (non-hydrogen) atoms. The summed E-state index contributed by atoms with van der Waals surface area (Å²) in [4.78, 5) is 12.4. The van der Waals surface area contributed by atoms with Gasteiger partial charge in [-0.1, -0.05) is 0 Å². The van der Waals surface area contributed by atoms with E-state index in [0.29, 0.717) is 13.0 Å². The van der Waals surface area contributed by atoms with Gasteiger partial charge >= 0.3 is 5.97 Å². The normalized spacial score (nSPS) is 12.5. The van der Waals surface area contributed by atoms with E-state index in [4.69, 9.17) is 10.5 Å². The third-order valence-electron chi connectivity index (χ3n) is 1.96. The Morgan fingerprint density at radius 3 is 2.93 bits per heavy atom. The lowest BCUT2D eigenvalue weighted by Crippen LogP contribution is -2.34. The maximum absolute atomic E-state index is 11.2. The number of rotatable bonds is 4. The molecule has 0 aliphatic carbocycles. The minimum Gasteiger partial charge on any atom is -0.465 e. The smallest absolute Gasteiger partial charge is 0.323 e. The van der Waals surface area contributed by atoms with Crippen LogP contribution in [0.25, 0.3) is 0 Å². The van der Waals surface area contributed by atoms with Gasteiger partial charge in [0.15, 0.2) is 0 Å². The first-order chi connectivity index (χ1) is 6.65. The number of nitrogens with two attached hydrogens (primary N) is 1. The van der Waals surface area contributed by atoms with E-state index in [-0.39, 0.29) is 5.97 Å². The van der Waals surface area contributed by atoms with Gasteiger partial charge in [-0.15, -0.1) is 11.3 Å². The minimum atomic E-state index is -0.535. The van der Waals surface area contributed by atoms with Crippen LogP contribution in [0.15, 0.2) is 11.4 Å². The van der Waals surface area contributed by atoms with E-state index in [1.165, 1.54) is 5.56 Å². The quantitative estimate of drug-likeness (QED) is 0.771. The molecule has 0 aliphatic heterocycles. The van der Waals surface area contributed by atoms with Crippen molar-refractivity contribution in [3.05, 3.63) is 21.9 Å². The predicted molar refractivity (Wildman–Crippen MR) is 57.4 cm³/mol. The van der Waals surface area contributed by atoms with E-state index in [0.717, 1.165) is 4.88 Å². The monoisotopic (exact) mass is 213 g/mol. The second-order valence-electron chi connectivity index (χ2n) is 3.09. The Morgan fingerprint density at radius 2 is 2.43 bits per heavy atom. The highest BCUT2D eigenvalue weighted by Gasteiger charge is 2.16. The Labute approximate surface area is 87.9 Å². The van der Waals surface area contributed by atoms with Gasteiger partial charge in [-0.2, -0.15) is 0 Å². The molecule has 0 spiro atoms. The molecule has 1 heterocycles. The highest BCUT2D eigenvalue weighted by Crippen LogP contribution is 2.17. The number of ether oxygens (including phenoxy) is 1. The summed E-state index contributed by atoms with van der Waals surface area (Å²) in [5, 5.41) is 2.00. The molecule has 78 valence electrons. The van der Waals surface area contributed by atoms with Crippen molar-refractivity contribution in [2.75, 3.05) is 6.61 Å². The van der Waals surface area contributed by atoms with E-state index in [1.807, 2.05) is 18.4 Å². The molecule has 0 saturated carbocycles. The summed E-state index contributed by atoms with van der Waals surface area (Å²) in [6.07, 6.45) is 0.572. The van der Waals surface area contributed by atoms with E-state index < -0.39 is 6.04 Å². The maximum Gasteiger partial charge on any atom is 0.323 e. The molecule has 4 heteroatoms. The molecule has 0 bridgehead atoms. The Kier molecular flexibility index (Phi) is 4.10.